The van der Waals surface area contributed by atoms with Gasteiger partial charge in [-0.15, -0.1) is 0 Å². The summed E-state index contributed by atoms with van der Waals surface area (Å²) in [4.78, 5) is 0. The molecule has 30 heavy (non-hydrogen) atoms. The Hall–Kier alpha value is 0. The van der Waals surface area contributed by atoms with E-state index < -0.39 is 0 Å². The van der Waals surface area contributed by atoms with Crippen LogP contribution in [-0.4, -0.2) is 0 Å². The van der Waals surface area contributed by atoms with Crippen LogP contribution in [0.2, 0.25) is 0 Å². The van der Waals surface area contributed by atoms with Crippen molar-refractivity contribution in [1.82, 2.24) is 0 Å². The average Bonchev–Trinajstić information content (AvgIpc) is 2.77. The van der Waals surface area contributed by atoms with Gasteiger partial charge in [0.05, 0.1) is 0 Å². The van der Waals surface area contributed by atoms with Crippen molar-refractivity contribution in [3.8, 4) is 0 Å². The Morgan fingerprint density at radius 2 is 0.733 bits per heavy atom. The smallest absolute Gasteiger partial charge is 0.0324 e. The summed E-state index contributed by atoms with van der Waals surface area (Å²) in [5.41, 5.74) is 0. The SMILES string of the molecule is CC1CCC2CC3CCCCC3CC2C1C1C(C)CCC2CC3CCCCC3CC21. The molecule has 6 fully saturated rings. The minimum absolute atomic E-state index is 1.02. The van der Waals surface area contributed by atoms with E-state index in [1.165, 1.54) is 0 Å². The Bertz CT molecular complexity index is 541. The second-order valence-electron chi connectivity index (χ2n) is 13.7. The molecular weight excluding hydrogens is 360 g/mol. The van der Waals surface area contributed by atoms with E-state index >= 15 is 0 Å². The maximum absolute atomic E-state index is 2.70. The summed E-state index contributed by atoms with van der Waals surface area (Å²) in [6.07, 6.45) is 25.4. The van der Waals surface area contributed by atoms with E-state index in [2.05, 4.69) is 13.8 Å². The molecule has 0 radical (unpaired) electrons. The molecule has 170 valence electrons. The highest BCUT2D eigenvalue weighted by atomic mass is 14.6. The minimum atomic E-state index is 1.02. The normalized spacial score (nSPS) is 56.2. The highest BCUT2D eigenvalue weighted by Crippen LogP contribution is 2.61. The third-order valence-electron chi connectivity index (χ3n) is 12.4. The third kappa shape index (κ3) is 3.53. The van der Waals surface area contributed by atoms with Crippen LogP contribution >= 0.6 is 0 Å². The lowest BCUT2D eigenvalue weighted by molar-refractivity contribution is -0.0962. The lowest BCUT2D eigenvalue weighted by atomic mass is 9.46. The van der Waals surface area contributed by atoms with Crippen LogP contribution in [0.4, 0.5) is 0 Å². The van der Waals surface area contributed by atoms with Gasteiger partial charge in [0.1, 0.15) is 0 Å². The first-order valence-corrected chi connectivity index (χ1v) is 14.7. The quantitative estimate of drug-likeness (QED) is 0.405. The average molecular weight is 411 g/mol. The van der Waals surface area contributed by atoms with Crippen LogP contribution in [-0.2, 0) is 0 Å². The molecule has 12 unspecified atom stereocenters. The second-order valence-corrected chi connectivity index (χ2v) is 13.7. The lowest BCUT2D eigenvalue weighted by Crippen LogP contribution is -2.51. The highest BCUT2D eigenvalue weighted by molar-refractivity contribution is 5.02. The molecule has 0 N–H and O–H groups in total. The Kier molecular flexibility index (Phi) is 5.77. The van der Waals surface area contributed by atoms with Crippen molar-refractivity contribution in [3.63, 3.8) is 0 Å². The summed E-state index contributed by atoms with van der Waals surface area (Å²) in [5, 5.41) is 0. The molecule has 6 aliphatic rings. The van der Waals surface area contributed by atoms with Gasteiger partial charge in [-0.3, -0.25) is 0 Å². The highest BCUT2D eigenvalue weighted by Gasteiger charge is 2.53. The number of fused-ring (bicyclic) bond motifs is 4. The maximum Gasteiger partial charge on any atom is -0.0324 e. The maximum atomic E-state index is 2.70. The number of hydrogen-bond acceptors (Lipinski definition) is 0. The first kappa shape index (κ1) is 20.6. The first-order chi connectivity index (χ1) is 14.7. The fraction of sp³-hybridized carbons (Fsp3) is 1.00. The van der Waals surface area contributed by atoms with E-state index in [0.717, 1.165) is 71.0 Å². The third-order valence-corrected chi connectivity index (χ3v) is 12.4. The van der Waals surface area contributed by atoms with E-state index in [-0.39, 0.29) is 0 Å². The molecule has 6 aliphatic carbocycles. The first-order valence-electron chi connectivity index (χ1n) is 14.7. The van der Waals surface area contributed by atoms with Crippen molar-refractivity contribution in [2.24, 2.45) is 71.0 Å². The summed E-state index contributed by atoms with van der Waals surface area (Å²) < 4.78 is 0. The van der Waals surface area contributed by atoms with Crippen LogP contribution in [0.5, 0.6) is 0 Å². The van der Waals surface area contributed by atoms with Crippen molar-refractivity contribution < 1.29 is 0 Å². The monoisotopic (exact) mass is 410 g/mol. The van der Waals surface area contributed by atoms with Crippen LogP contribution < -0.4 is 0 Å². The molecule has 0 nitrogen and oxygen atoms in total. The number of hydrogen-bond donors (Lipinski definition) is 0. The second kappa shape index (κ2) is 8.41. The van der Waals surface area contributed by atoms with Crippen LogP contribution in [0.15, 0.2) is 0 Å². The molecule has 0 aromatic heterocycles. The molecule has 6 rings (SSSR count). The van der Waals surface area contributed by atoms with Gasteiger partial charge in [0, 0.05) is 0 Å². The molecule has 6 saturated carbocycles. The van der Waals surface area contributed by atoms with Crippen molar-refractivity contribution >= 4 is 0 Å². The Morgan fingerprint density at radius 1 is 0.367 bits per heavy atom. The van der Waals surface area contributed by atoms with Gasteiger partial charge in [-0.1, -0.05) is 78.1 Å². The summed E-state index contributed by atoms with van der Waals surface area (Å²) in [6.45, 7) is 5.41. The van der Waals surface area contributed by atoms with E-state index in [1.807, 2.05) is 0 Å². The topological polar surface area (TPSA) is 0 Å². The van der Waals surface area contributed by atoms with Crippen molar-refractivity contribution in [1.29, 1.82) is 0 Å². The van der Waals surface area contributed by atoms with Crippen LogP contribution in [0.25, 0.3) is 0 Å². The van der Waals surface area contributed by atoms with Gasteiger partial charge >= 0.3 is 0 Å². The van der Waals surface area contributed by atoms with E-state index in [4.69, 9.17) is 0 Å². The van der Waals surface area contributed by atoms with Gasteiger partial charge in [-0.25, -0.2) is 0 Å². The predicted octanol–water partition coefficient (Wildman–Crippen LogP) is 8.74. The van der Waals surface area contributed by atoms with Gasteiger partial charge in [-0.2, -0.15) is 0 Å². The van der Waals surface area contributed by atoms with Gasteiger partial charge in [-0.05, 0) is 110 Å². The molecule has 0 amide bonds. The van der Waals surface area contributed by atoms with Gasteiger partial charge in [0.15, 0.2) is 0 Å². The van der Waals surface area contributed by atoms with Crippen LogP contribution in [0.3, 0.4) is 0 Å². The van der Waals surface area contributed by atoms with Crippen LogP contribution in [0.1, 0.15) is 117 Å². The Balaban J connectivity index is 1.27. The zero-order valence-corrected chi connectivity index (χ0v) is 20.2. The standard InChI is InChI=1S/C30H50/c1-19-11-13-25-15-21-7-3-5-9-23(21)17-27(25)29(19)30-20(2)12-14-26-16-22-8-4-6-10-24(22)18-28(26)30/h19-30H,3-18H2,1-2H3. The summed E-state index contributed by atoms with van der Waals surface area (Å²) in [6, 6.07) is 0. The van der Waals surface area contributed by atoms with E-state index in [1.54, 1.807) is 103 Å². The molecular formula is C30H50. The Labute approximate surface area is 187 Å². The molecule has 0 saturated heterocycles. The molecule has 0 heteroatoms. The van der Waals surface area contributed by atoms with Crippen molar-refractivity contribution in [2.45, 2.75) is 117 Å². The van der Waals surface area contributed by atoms with Crippen molar-refractivity contribution in [3.05, 3.63) is 0 Å². The largest absolute Gasteiger partial charge is 0.0622 e. The molecule has 0 heterocycles. The predicted molar refractivity (Wildman–Crippen MR) is 127 cm³/mol. The van der Waals surface area contributed by atoms with Gasteiger partial charge in [0.2, 0.25) is 0 Å². The van der Waals surface area contributed by atoms with Gasteiger partial charge < -0.3 is 0 Å². The molecule has 0 aliphatic heterocycles. The molecule has 0 bridgehead atoms. The summed E-state index contributed by atoms with van der Waals surface area (Å²) in [7, 11) is 0. The minimum Gasteiger partial charge on any atom is -0.0622 e. The molecule has 0 aromatic rings. The lowest BCUT2D eigenvalue weighted by Gasteiger charge is -2.59. The van der Waals surface area contributed by atoms with Crippen LogP contribution in [0, 0.1) is 71.0 Å². The summed E-state index contributed by atoms with van der Waals surface area (Å²) in [5.74, 6) is 13.2. The van der Waals surface area contributed by atoms with Crippen molar-refractivity contribution in [2.75, 3.05) is 0 Å². The van der Waals surface area contributed by atoms with E-state index in [0.29, 0.717) is 0 Å². The summed E-state index contributed by atoms with van der Waals surface area (Å²) >= 11 is 0. The van der Waals surface area contributed by atoms with Gasteiger partial charge in [0.25, 0.3) is 0 Å². The fourth-order valence-electron chi connectivity index (χ4n) is 11.1. The zero-order valence-electron chi connectivity index (χ0n) is 20.2. The zero-order chi connectivity index (χ0) is 20.2. The Morgan fingerprint density at radius 3 is 1.13 bits per heavy atom. The van der Waals surface area contributed by atoms with E-state index in [9.17, 15) is 0 Å². The fourth-order valence-corrected chi connectivity index (χ4v) is 11.1. The molecule has 0 aromatic carbocycles. The molecule has 12 atom stereocenters. The number of rotatable bonds is 1. The molecule has 0 spiro atoms.